The molecule has 4 rings (SSSR count). The van der Waals surface area contributed by atoms with E-state index in [1.165, 1.54) is 11.1 Å². The summed E-state index contributed by atoms with van der Waals surface area (Å²) in [6.45, 7) is 8.09. The first kappa shape index (κ1) is 29.2. The summed E-state index contributed by atoms with van der Waals surface area (Å²) in [5.41, 5.74) is 8.23. The van der Waals surface area contributed by atoms with Crippen molar-refractivity contribution in [1.82, 2.24) is 0 Å². The van der Waals surface area contributed by atoms with Crippen molar-refractivity contribution >= 4 is 34.7 Å². The van der Waals surface area contributed by atoms with Crippen LogP contribution in [-0.2, 0) is 17.1 Å². The Labute approximate surface area is 227 Å². The van der Waals surface area contributed by atoms with E-state index in [0.717, 1.165) is 22.5 Å². The molecular weight excluding hydrogens is 516 g/mol. The number of carboxylic acid groups (broad SMARTS) is 2. The summed E-state index contributed by atoms with van der Waals surface area (Å²) in [5.74, 6) is -1.85. The normalized spacial score (nSPS) is 9.84. The zero-order chi connectivity index (χ0) is 26.2. The maximum Gasteiger partial charge on any atom is 0.337 e. The van der Waals surface area contributed by atoms with Crippen LogP contribution in [0.1, 0.15) is 43.0 Å². The van der Waals surface area contributed by atoms with Crippen molar-refractivity contribution in [3.8, 4) is 0 Å². The zero-order valence-electron chi connectivity index (χ0n) is 21.1. The quantitative estimate of drug-likeness (QED) is 0.187. The van der Waals surface area contributed by atoms with Crippen LogP contribution in [0, 0.1) is 27.7 Å². The molecule has 0 amide bonds. The smallest absolute Gasteiger partial charge is 0.337 e. The summed E-state index contributed by atoms with van der Waals surface area (Å²) >= 11 is 0. The van der Waals surface area contributed by atoms with Crippen molar-refractivity contribution in [1.29, 1.82) is 0 Å². The van der Waals surface area contributed by atoms with Crippen molar-refractivity contribution in [2.24, 2.45) is 0 Å². The molecule has 0 aliphatic rings. The van der Waals surface area contributed by atoms with Crippen LogP contribution in [0.25, 0.3) is 0 Å². The van der Waals surface area contributed by atoms with E-state index in [4.69, 9.17) is 10.2 Å². The summed E-state index contributed by atoms with van der Waals surface area (Å²) in [6, 6.07) is 25.7. The second kappa shape index (κ2) is 13.3. The van der Waals surface area contributed by atoms with Crippen LogP contribution in [0.4, 0.5) is 22.7 Å². The number of rotatable bonds is 6. The van der Waals surface area contributed by atoms with Gasteiger partial charge in [-0.2, -0.15) is 0 Å². The first-order valence-electron chi connectivity index (χ1n) is 11.5. The van der Waals surface area contributed by atoms with Gasteiger partial charge < -0.3 is 20.8 Å². The molecule has 4 aromatic carbocycles. The van der Waals surface area contributed by atoms with E-state index in [0.29, 0.717) is 11.4 Å². The van der Waals surface area contributed by atoms with Gasteiger partial charge in [0, 0.05) is 28.4 Å². The van der Waals surface area contributed by atoms with E-state index < -0.39 is 11.9 Å². The number of nitrogens with one attached hydrogen (secondary N) is 2. The average Bonchev–Trinajstić information content (AvgIpc) is 2.86. The largest absolute Gasteiger partial charge is 0.478 e. The Morgan fingerprint density at radius 3 is 1.19 bits per heavy atom. The standard InChI is InChI=1S/2C15H15NO2.Cu/c2*1-10-6-5-9-13(11(10)2)16-14-8-4-3-7-12(14)15(17)18;/h2*3-9,16H,1-2H3,(H,17,18);. The molecule has 0 aromatic heterocycles. The predicted octanol–water partition coefficient (Wildman–Crippen LogP) is 7.49. The number of carboxylic acids is 2. The molecule has 195 valence electrons. The molecule has 0 fully saturated rings. The number of carbonyl (C=O) groups is 2. The molecular formula is C30H30CuN2O4. The van der Waals surface area contributed by atoms with Gasteiger partial charge in [0.05, 0.1) is 22.5 Å². The fraction of sp³-hybridized carbons (Fsp3) is 0.133. The number of hydrogen-bond donors (Lipinski definition) is 4. The van der Waals surface area contributed by atoms with Crippen LogP contribution in [-0.4, -0.2) is 22.2 Å². The van der Waals surface area contributed by atoms with Crippen LogP contribution < -0.4 is 10.6 Å². The number of benzene rings is 4. The molecule has 6 nitrogen and oxygen atoms in total. The van der Waals surface area contributed by atoms with Gasteiger partial charge in [0.1, 0.15) is 0 Å². The SMILES string of the molecule is Cc1cccc(Nc2ccccc2C(=O)O)c1C.Cc1cccc(Nc2ccccc2C(=O)O)c1C.[Cu]. The van der Waals surface area contributed by atoms with Gasteiger partial charge in [-0.1, -0.05) is 48.5 Å². The molecule has 0 spiro atoms. The molecule has 1 radical (unpaired) electrons. The zero-order valence-corrected chi connectivity index (χ0v) is 22.0. The Morgan fingerprint density at radius 1 is 0.514 bits per heavy atom. The molecule has 4 N–H and O–H groups in total. The van der Waals surface area contributed by atoms with Crippen LogP contribution in [0.15, 0.2) is 84.9 Å². The summed E-state index contributed by atoms with van der Waals surface area (Å²) < 4.78 is 0. The number of hydrogen-bond acceptors (Lipinski definition) is 4. The Kier molecular flexibility index (Phi) is 10.5. The molecule has 0 aliphatic heterocycles. The van der Waals surface area contributed by atoms with Crippen LogP contribution in [0.2, 0.25) is 0 Å². The van der Waals surface area contributed by atoms with Crippen molar-refractivity contribution in [2.75, 3.05) is 10.6 Å². The Balaban J connectivity index is 0.000000253. The van der Waals surface area contributed by atoms with Gasteiger partial charge in [0.25, 0.3) is 0 Å². The number of anilines is 4. The number of para-hydroxylation sites is 2. The van der Waals surface area contributed by atoms with E-state index in [2.05, 4.69) is 10.6 Å². The molecule has 0 atom stereocenters. The summed E-state index contributed by atoms with van der Waals surface area (Å²) in [7, 11) is 0. The monoisotopic (exact) mass is 545 g/mol. The van der Waals surface area contributed by atoms with Crippen LogP contribution >= 0.6 is 0 Å². The maximum atomic E-state index is 11.1. The van der Waals surface area contributed by atoms with E-state index >= 15 is 0 Å². The minimum Gasteiger partial charge on any atom is -0.478 e. The second-order valence-electron chi connectivity index (χ2n) is 8.45. The molecule has 0 saturated carbocycles. The number of aryl methyl sites for hydroxylation is 2. The minimum atomic E-state index is -0.927. The maximum absolute atomic E-state index is 11.1. The third kappa shape index (κ3) is 7.46. The molecule has 4 aromatic rings. The Hall–Kier alpha value is -4.06. The summed E-state index contributed by atoms with van der Waals surface area (Å²) in [5, 5.41) is 24.6. The topological polar surface area (TPSA) is 98.7 Å². The van der Waals surface area contributed by atoms with Gasteiger partial charge in [-0.05, 0) is 86.3 Å². The summed E-state index contributed by atoms with van der Waals surface area (Å²) in [6.07, 6.45) is 0. The molecule has 7 heteroatoms. The van der Waals surface area contributed by atoms with E-state index in [1.807, 2.05) is 76.2 Å². The van der Waals surface area contributed by atoms with E-state index in [1.54, 1.807) is 36.4 Å². The number of aromatic carboxylic acids is 2. The minimum absolute atomic E-state index is 0. The van der Waals surface area contributed by atoms with Gasteiger partial charge in [-0.15, -0.1) is 0 Å². The van der Waals surface area contributed by atoms with Crippen molar-refractivity contribution in [3.63, 3.8) is 0 Å². The summed E-state index contributed by atoms with van der Waals surface area (Å²) in [4.78, 5) is 22.2. The first-order chi connectivity index (χ1) is 17.2. The Bertz CT molecular complexity index is 1300. The average molecular weight is 546 g/mol. The fourth-order valence-corrected chi connectivity index (χ4v) is 3.62. The molecule has 0 saturated heterocycles. The van der Waals surface area contributed by atoms with Crippen molar-refractivity contribution < 1.29 is 36.9 Å². The van der Waals surface area contributed by atoms with Crippen LogP contribution in [0.5, 0.6) is 0 Å². The molecule has 0 heterocycles. The second-order valence-corrected chi connectivity index (χ2v) is 8.45. The first-order valence-corrected chi connectivity index (χ1v) is 11.5. The van der Waals surface area contributed by atoms with Gasteiger partial charge >= 0.3 is 11.9 Å². The van der Waals surface area contributed by atoms with Gasteiger partial charge in [-0.25, -0.2) is 9.59 Å². The fourth-order valence-electron chi connectivity index (χ4n) is 3.62. The van der Waals surface area contributed by atoms with Gasteiger partial charge in [0.15, 0.2) is 0 Å². The Morgan fingerprint density at radius 2 is 0.838 bits per heavy atom. The van der Waals surface area contributed by atoms with E-state index in [-0.39, 0.29) is 28.2 Å². The van der Waals surface area contributed by atoms with Gasteiger partial charge in [0.2, 0.25) is 0 Å². The molecule has 37 heavy (non-hydrogen) atoms. The predicted molar refractivity (Wildman–Crippen MR) is 145 cm³/mol. The third-order valence-electron chi connectivity index (χ3n) is 6.06. The van der Waals surface area contributed by atoms with Crippen LogP contribution in [0.3, 0.4) is 0 Å². The third-order valence-corrected chi connectivity index (χ3v) is 6.06. The molecule has 0 aliphatic carbocycles. The van der Waals surface area contributed by atoms with E-state index in [9.17, 15) is 9.59 Å². The molecule has 0 bridgehead atoms. The molecule has 0 unspecified atom stereocenters. The van der Waals surface area contributed by atoms with Gasteiger partial charge in [-0.3, -0.25) is 0 Å². The van der Waals surface area contributed by atoms with Crippen molar-refractivity contribution in [3.05, 3.63) is 118 Å². The van der Waals surface area contributed by atoms with Crippen molar-refractivity contribution in [2.45, 2.75) is 27.7 Å².